The second-order valence-corrected chi connectivity index (χ2v) is 3.83. The molecule has 0 N–H and O–H groups in total. The molecule has 0 spiro atoms. The molecule has 0 unspecified atom stereocenters. The standard InChI is InChI=1S/C8H10N2O3S/c1-2-13-14(11,12)6-3-8-7-9-4-5-10-8/h3-7H,2H2,1H3/b6-3+. The Hall–Kier alpha value is -1.27. The zero-order chi connectivity index (χ0) is 10.4. The Morgan fingerprint density at radius 2 is 2.29 bits per heavy atom. The van der Waals surface area contributed by atoms with E-state index in [4.69, 9.17) is 0 Å². The Morgan fingerprint density at radius 1 is 1.50 bits per heavy atom. The molecule has 0 aromatic carbocycles. The Bertz CT molecular complexity index is 400. The fourth-order valence-electron chi connectivity index (χ4n) is 0.753. The molecule has 0 aliphatic rings. The number of rotatable bonds is 4. The van der Waals surface area contributed by atoms with E-state index in [9.17, 15) is 8.42 Å². The molecular formula is C8H10N2O3S. The van der Waals surface area contributed by atoms with Crippen molar-refractivity contribution in [1.82, 2.24) is 9.97 Å². The van der Waals surface area contributed by atoms with Gasteiger partial charge in [0.1, 0.15) is 0 Å². The van der Waals surface area contributed by atoms with Crippen molar-refractivity contribution < 1.29 is 12.6 Å². The van der Waals surface area contributed by atoms with Gasteiger partial charge in [-0.15, -0.1) is 0 Å². The van der Waals surface area contributed by atoms with Crippen LogP contribution in [0.2, 0.25) is 0 Å². The fourth-order valence-corrected chi connectivity index (χ4v) is 1.47. The van der Waals surface area contributed by atoms with E-state index in [2.05, 4.69) is 14.2 Å². The third kappa shape index (κ3) is 3.63. The molecule has 76 valence electrons. The molecular weight excluding hydrogens is 204 g/mol. The van der Waals surface area contributed by atoms with E-state index >= 15 is 0 Å². The maximum absolute atomic E-state index is 11.0. The molecule has 0 bridgehead atoms. The number of aromatic nitrogens is 2. The largest absolute Gasteiger partial charge is 0.290 e. The van der Waals surface area contributed by atoms with Gasteiger partial charge in [-0.3, -0.25) is 14.2 Å². The molecule has 0 aliphatic carbocycles. The number of hydrogen-bond donors (Lipinski definition) is 0. The Balaban J connectivity index is 2.74. The van der Waals surface area contributed by atoms with Crippen LogP contribution in [-0.4, -0.2) is 25.0 Å². The summed E-state index contributed by atoms with van der Waals surface area (Å²) in [5.74, 6) is 0. The molecule has 1 heterocycles. The molecule has 0 fully saturated rings. The van der Waals surface area contributed by atoms with Gasteiger partial charge in [0.15, 0.2) is 0 Å². The van der Waals surface area contributed by atoms with E-state index in [0.717, 1.165) is 5.41 Å². The highest BCUT2D eigenvalue weighted by atomic mass is 32.2. The molecule has 14 heavy (non-hydrogen) atoms. The number of nitrogens with zero attached hydrogens (tertiary/aromatic N) is 2. The zero-order valence-electron chi connectivity index (χ0n) is 7.62. The Labute approximate surface area is 82.6 Å². The van der Waals surface area contributed by atoms with E-state index in [1.165, 1.54) is 24.7 Å². The van der Waals surface area contributed by atoms with Gasteiger partial charge in [-0.2, -0.15) is 8.42 Å². The molecule has 1 rings (SSSR count). The first kappa shape index (κ1) is 10.8. The predicted molar refractivity (Wildman–Crippen MR) is 51.6 cm³/mol. The van der Waals surface area contributed by atoms with Crippen LogP contribution in [0.15, 0.2) is 24.0 Å². The highest BCUT2D eigenvalue weighted by Crippen LogP contribution is 2.00. The first-order chi connectivity index (χ1) is 6.64. The normalized spacial score (nSPS) is 12.1. The second kappa shape index (κ2) is 4.83. The van der Waals surface area contributed by atoms with Crippen molar-refractivity contribution in [3.63, 3.8) is 0 Å². The number of hydrogen-bond acceptors (Lipinski definition) is 5. The summed E-state index contributed by atoms with van der Waals surface area (Å²) in [7, 11) is -3.58. The lowest BCUT2D eigenvalue weighted by molar-refractivity contribution is 0.345. The van der Waals surface area contributed by atoms with Gasteiger partial charge in [0.2, 0.25) is 0 Å². The fraction of sp³-hybridized carbons (Fsp3) is 0.250. The van der Waals surface area contributed by atoms with Crippen LogP contribution in [0.25, 0.3) is 6.08 Å². The van der Waals surface area contributed by atoms with Gasteiger partial charge in [-0.05, 0) is 13.0 Å². The summed E-state index contributed by atoms with van der Waals surface area (Å²) in [5.41, 5.74) is 0.468. The lowest BCUT2D eigenvalue weighted by atomic mass is 10.4. The van der Waals surface area contributed by atoms with Gasteiger partial charge < -0.3 is 0 Å². The van der Waals surface area contributed by atoms with E-state index in [1.54, 1.807) is 6.92 Å². The van der Waals surface area contributed by atoms with Crippen molar-refractivity contribution >= 4 is 16.2 Å². The highest BCUT2D eigenvalue weighted by molar-refractivity contribution is 7.89. The van der Waals surface area contributed by atoms with Crippen LogP contribution >= 0.6 is 0 Å². The average Bonchev–Trinajstić information content (AvgIpc) is 2.17. The average molecular weight is 214 g/mol. The van der Waals surface area contributed by atoms with E-state index in [-0.39, 0.29) is 6.61 Å². The summed E-state index contributed by atoms with van der Waals surface area (Å²) in [4.78, 5) is 7.65. The van der Waals surface area contributed by atoms with E-state index < -0.39 is 10.1 Å². The maximum atomic E-state index is 11.0. The van der Waals surface area contributed by atoms with Crippen LogP contribution in [0, 0.1) is 0 Å². The molecule has 0 atom stereocenters. The third-order valence-electron chi connectivity index (χ3n) is 1.27. The molecule has 0 saturated carbocycles. The van der Waals surface area contributed by atoms with Crippen molar-refractivity contribution in [2.75, 3.05) is 6.61 Å². The van der Waals surface area contributed by atoms with Crippen molar-refractivity contribution in [3.05, 3.63) is 29.7 Å². The Morgan fingerprint density at radius 3 is 2.86 bits per heavy atom. The van der Waals surface area contributed by atoms with Crippen LogP contribution in [-0.2, 0) is 14.3 Å². The molecule has 1 aromatic heterocycles. The van der Waals surface area contributed by atoms with Crippen LogP contribution in [0.5, 0.6) is 0 Å². The zero-order valence-corrected chi connectivity index (χ0v) is 8.44. The maximum Gasteiger partial charge on any atom is 0.290 e. The lowest BCUT2D eigenvalue weighted by Gasteiger charge is -1.95. The summed E-state index contributed by atoms with van der Waals surface area (Å²) in [6.07, 6.45) is 5.78. The quantitative estimate of drug-likeness (QED) is 0.694. The van der Waals surface area contributed by atoms with Gasteiger partial charge >= 0.3 is 0 Å². The topological polar surface area (TPSA) is 69.2 Å². The minimum Gasteiger partial charge on any atom is -0.267 e. The second-order valence-electron chi connectivity index (χ2n) is 2.33. The van der Waals surface area contributed by atoms with E-state index in [0.29, 0.717) is 5.69 Å². The summed E-state index contributed by atoms with van der Waals surface area (Å²) in [5, 5.41) is 0.959. The van der Waals surface area contributed by atoms with Crippen LogP contribution in [0.4, 0.5) is 0 Å². The van der Waals surface area contributed by atoms with Gasteiger partial charge in [0, 0.05) is 12.4 Å². The molecule has 0 amide bonds. The molecule has 1 aromatic rings. The summed E-state index contributed by atoms with van der Waals surface area (Å²) in [6, 6.07) is 0. The molecule has 0 saturated heterocycles. The summed E-state index contributed by atoms with van der Waals surface area (Å²) < 4.78 is 26.6. The van der Waals surface area contributed by atoms with Crippen molar-refractivity contribution in [2.45, 2.75) is 6.92 Å². The Kier molecular flexibility index (Phi) is 3.73. The SMILES string of the molecule is CCOS(=O)(=O)/C=C/c1cnccn1. The first-order valence-corrected chi connectivity index (χ1v) is 5.45. The smallest absolute Gasteiger partial charge is 0.267 e. The van der Waals surface area contributed by atoms with Crippen molar-refractivity contribution in [2.24, 2.45) is 0 Å². The lowest BCUT2D eigenvalue weighted by Crippen LogP contribution is -2.00. The van der Waals surface area contributed by atoms with E-state index in [1.807, 2.05) is 0 Å². The molecule has 6 heteroatoms. The van der Waals surface area contributed by atoms with Gasteiger partial charge in [-0.1, -0.05) is 0 Å². The first-order valence-electron chi connectivity index (χ1n) is 3.97. The van der Waals surface area contributed by atoms with Gasteiger partial charge in [0.05, 0.1) is 23.9 Å². The minimum atomic E-state index is -3.58. The predicted octanol–water partition coefficient (Wildman–Crippen LogP) is 0.814. The monoisotopic (exact) mass is 214 g/mol. The van der Waals surface area contributed by atoms with Crippen LogP contribution < -0.4 is 0 Å². The van der Waals surface area contributed by atoms with Crippen molar-refractivity contribution in [3.8, 4) is 0 Å². The molecule has 5 nitrogen and oxygen atoms in total. The molecule has 0 radical (unpaired) electrons. The highest BCUT2D eigenvalue weighted by Gasteiger charge is 2.03. The molecule has 0 aliphatic heterocycles. The van der Waals surface area contributed by atoms with Crippen LogP contribution in [0.1, 0.15) is 12.6 Å². The van der Waals surface area contributed by atoms with Crippen LogP contribution in [0.3, 0.4) is 0 Å². The van der Waals surface area contributed by atoms with Crippen molar-refractivity contribution in [1.29, 1.82) is 0 Å². The summed E-state index contributed by atoms with van der Waals surface area (Å²) >= 11 is 0. The third-order valence-corrected chi connectivity index (χ3v) is 2.30. The summed E-state index contributed by atoms with van der Waals surface area (Å²) in [6.45, 7) is 1.72. The van der Waals surface area contributed by atoms with Gasteiger partial charge in [-0.25, -0.2) is 0 Å². The van der Waals surface area contributed by atoms with Gasteiger partial charge in [0.25, 0.3) is 10.1 Å². The minimum absolute atomic E-state index is 0.118.